The summed E-state index contributed by atoms with van der Waals surface area (Å²) >= 11 is 12.6. The van der Waals surface area contributed by atoms with E-state index in [1.165, 1.54) is 0 Å². The predicted octanol–water partition coefficient (Wildman–Crippen LogP) is 5.58. The second-order valence-electron chi connectivity index (χ2n) is 6.96. The van der Waals surface area contributed by atoms with Crippen LogP contribution >= 0.6 is 23.2 Å². The van der Waals surface area contributed by atoms with Crippen LogP contribution in [0, 0.1) is 0 Å². The quantitative estimate of drug-likeness (QED) is 0.549. The third kappa shape index (κ3) is 4.21. The van der Waals surface area contributed by atoms with E-state index in [1.807, 2.05) is 66.7 Å². The normalized spacial score (nSPS) is 16.0. The largest absolute Gasteiger partial charge is 0.497 e. The van der Waals surface area contributed by atoms with E-state index >= 15 is 0 Å². The van der Waals surface area contributed by atoms with Crippen molar-refractivity contribution in [1.29, 1.82) is 0 Å². The maximum Gasteiger partial charge on any atom is 0.162 e. The fourth-order valence-corrected chi connectivity index (χ4v) is 3.92. The van der Waals surface area contributed by atoms with Crippen molar-refractivity contribution >= 4 is 34.7 Å². The van der Waals surface area contributed by atoms with Gasteiger partial charge in [0.05, 0.1) is 12.8 Å². The number of hydrogen-bond acceptors (Lipinski definition) is 3. The van der Waals surface area contributed by atoms with Gasteiger partial charge in [-0.15, -0.1) is 0 Å². The Balaban J connectivity index is 1.82. The molecule has 3 aromatic carbocycles. The van der Waals surface area contributed by atoms with Gasteiger partial charge in [0.25, 0.3) is 0 Å². The molecule has 0 aromatic heterocycles. The van der Waals surface area contributed by atoms with Crippen LogP contribution < -0.4 is 4.74 Å². The molecule has 0 fully saturated rings. The molecule has 0 spiro atoms. The molecule has 0 N–H and O–H groups in total. The fourth-order valence-electron chi connectivity index (χ4n) is 3.54. The molecule has 4 rings (SSSR count). The summed E-state index contributed by atoms with van der Waals surface area (Å²) < 4.78 is 5.27. The summed E-state index contributed by atoms with van der Waals surface area (Å²) in [6.07, 6.45) is 0.769. The van der Waals surface area contributed by atoms with Crippen molar-refractivity contribution < 1.29 is 9.53 Å². The van der Waals surface area contributed by atoms with Gasteiger partial charge in [-0.2, -0.15) is 0 Å². The van der Waals surface area contributed by atoms with Crippen molar-refractivity contribution in [2.45, 2.75) is 18.9 Å². The van der Waals surface area contributed by atoms with E-state index in [0.717, 1.165) is 33.7 Å². The number of carbonyl (C=O) groups excluding carboxylic acids is 1. The van der Waals surface area contributed by atoms with Gasteiger partial charge in [-0.3, -0.25) is 9.79 Å². The minimum absolute atomic E-state index is 0.0667. The molecule has 0 radical (unpaired) electrons. The van der Waals surface area contributed by atoms with Crippen LogP contribution in [0.1, 0.15) is 22.3 Å². The molecule has 146 valence electrons. The zero-order chi connectivity index (χ0) is 20.4. The number of carbonyl (C=O) groups is 1. The molecular weight excluding hydrogens is 405 g/mol. The Bertz CT molecular complexity index is 1090. The Labute approximate surface area is 180 Å². The van der Waals surface area contributed by atoms with Crippen LogP contribution in [0.5, 0.6) is 5.75 Å². The molecular formula is C24H19Cl2NO2. The van der Waals surface area contributed by atoms with Gasteiger partial charge in [0.1, 0.15) is 11.8 Å². The minimum atomic E-state index is -0.516. The first-order chi connectivity index (χ1) is 14.0. The second-order valence-corrected chi connectivity index (χ2v) is 7.81. The number of aliphatic imine (C=N–C) groups is 1. The third-order valence-corrected chi connectivity index (χ3v) is 5.69. The van der Waals surface area contributed by atoms with Crippen LogP contribution in [-0.2, 0) is 17.6 Å². The van der Waals surface area contributed by atoms with Gasteiger partial charge in [0.2, 0.25) is 0 Å². The predicted molar refractivity (Wildman–Crippen MR) is 118 cm³/mol. The lowest BCUT2D eigenvalue weighted by molar-refractivity contribution is -0.119. The first-order valence-electron chi connectivity index (χ1n) is 9.32. The number of halogens is 2. The topological polar surface area (TPSA) is 38.7 Å². The molecule has 1 aliphatic heterocycles. The Kier molecular flexibility index (Phi) is 5.70. The number of nitrogens with zero attached hydrogens (tertiary/aromatic N) is 1. The van der Waals surface area contributed by atoms with Gasteiger partial charge < -0.3 is 4.74 Å². The van der Waals surface area contributed by atoms with E-state index < -0.39 is 6.04 Å². The van der Waals surface area contributed by atoms with E-state index in [4.69, 9.17) is 32.9 Å². The summed E-state index contributed by atoms with van der Waals surface area (Å²) in [5, 5.41) is 1.26. The highest BCUT2D eigenvalue weighted by Gasteiger charge is 2.27. The first-order valence-corrected chi connectivity index (χ1v) is 10.1. The van der Waals surface area contributed by atoms with Crippen LogP contribution in [0.15, 0.2) is 71.7 Å². The Morgan fingerprint density at radius 1 is 1.03 bits per heavy atom. The Morgan fingerprint density at radius 3 is 2.52 bits per heavy atom. The molecule has 0 saturated carbocycles. The van der Waals surface area contributed by atoms with Gasteiger partial charge in [0, 0.05) is 34.0 Å². The number of methoxy groups -OCH3 is 1. The molecule has 0 amide bonds. The van der Waals surface area contributed by atoms with Crippen LogP contribution in [0.25, 0.3) is 0 Å². The van der Waals surface area contributed by atoms with Gasteiger partial charge in [-0.05, 0) is 53.6 Å². The van der Waals surface area contributed by atoms with Crippen molar-refractivity contribution in [1.82, 2.24) is 0 Å². The van der Waals surface area contributed by atoms with Crippen LogP contribution in [-0.4, -0.2) is 24.6 Å². The van der Waals surface area contributed by atoms with Gasteiger partial charge in [-0.1, -0.05) is 47.5 Å². The SMILES string of the molecule is COc1ccc(C2=NC(Cc3ccccc3Cl)C(=O)Cc3ccc(Cl)cc32)cc1. The van der Waals surface area contributed by atoms with E-state index in [-0.39, 0.29) is 5.78 Å². The monoisotopic (exact) mass is 423 g/mol. The minimum Gasteiger partial charge on any atom is -0.497 e. The number of fused-ring (bicyclic) bond motifs is 1. The number of hydrogen-bond donors (Lipinski definition) is 0. The molecule has 0 saturated heterocycles. The number of ether oxygens (including phenoxy) is 1. The molecule has 29 heavy (non-hydrogen) atoms. The van der Waals surface area contributed by atoms with E-state index in [2.05, 4.69) is 0 Å². The molecule has 0 bridgehead atoms. The smallest absolute Gasteiger partial charge is 0.162 e. The molecule has 1 unspecified atom stereocenters. The zero-order valence-electron chi connectivity index (χ0n) is 15.9. The fraction of sp³-hybridized carbons (Fsp3) is 0.167. The maximum absolute atomic E-state index is 13.1. The molecule has 3 nitrogen and oxygen atoms in total. The van der Waals surface area contributed by atoms with Gasteiger partial charge in [0.15, 0.2) is 5.78 Å². The highest BCUT2D eigenvalue weighted by Crippen LogP contribution is 2.27. The van der Waals surface area contributed by atoms with Crippen molar-refractivity contribution in [3.05, 3.63) is 99.0 Å². The lowest BCUT2D eigenvalue weighted by atomic mass is 9.95. The van der Waals surface area contributed by atoms with Crippen LogP contribution in [0.3, 0.4) is 0 Å². The average molecular weight is 424 g/mol. The zero-order valence-corrected chi connectivity index (χ0v) is 17.4. The van der Waals surface area contributed by atoms with Crippen LogP contribution in [0.4, 0.5) is 0 Å². The van der Waals surface area contributed by atoms with Crippen molar-refractivity contribution in [2.75, 3.05) is 7.11 Å². The standard InChI is InChI=1S/C24H19Cl2NO2/c1-29-19-10-7-15(8-11-19)24-20-14-18(25)9-6-16(20)13-23(28)22(27-24)12-17-4-2-3-5-21(17)26/h2-11,14,22H,12-13H2,1H3. The maximum atomic E-state index is 13.1. The molecule has 1 heterocycles. The molecule has 1 aliphatic rings. The summed E-state index contributed by atoms with van der Waals surface area (Å²) in [6.45, 7) is 0. The molecule has 5 heteroatoms. The second kappa shape index (κ2) is 8.40. The van der Waals surface area contributed by atoms with E-state index in [0.29, 0.717) is 22.9 Å². The lowest BCUT2D eigenvalue weighted by Gasteiger charge is -2.13. The number of rotatable bonds is 4. The first kappa shape index (κ1) is 19.7. The summed E-state index contributed by atoms with van der Waals surface area (Å²) in [4.78, 5) is 18.0. The van der Waals surface area contributed by atoms with Crippen LogP contribution in [0.2, 0.25) is 10.0 Å². The Hall–Kier alpha value is -2.62. The number of benzene rings is 3. The molecule has 1 atom stereocenters. The van der Waals surface area contributed by atoms with E-state index in [9.17, 15) is 4.79 Å². The van der Waals surface area contributed by atoms with Crippen molar-refractivity contribution in [3.8, 4) is 5.75 Å². The van der Waals surface area contributed by atoms with Crippen molar-refractivity contribution in [3.63, 3.8) is 0 Å². The highest BCUT2D eigenvalue weighted by molar-refractivity contribution is 6.32. The summed E-state index contributed by atoms with van der Waals surface area (Å²) in [5.74, 6) is 0.829. The van der Waals surface area contributed by atoms with E-state index in [1.54, 1.807) is 7.11 Å². The average Bonchev–Trinajstić information content (AvgIpc) is 2.86. The summed E-state index contributed by atoms with van der Waals surface area (Å²) in [7, 11) is 1.63. The summed E-state index contributed by atoms with van der Waals surface area (Å²) in [5.41, 5.74) is 4.39. The van der Waals surface area contributed by atoms with Crippen molar-refractivity contribution in [2.24, 2.45) is 4.99 Å². The van der Waals surface area contributed by atoms with Gasteiger partial charge >= 0.3 is 0 Å². The lowest BCUT2D eigenvalue weighted by Crippen LogP contribution is -2.23. The third-order valence-electron chi connectivity index (χ3n) is 5.08. The Morgan fingerprint density at radius 2 is 1.79 bits per heavy atom. The van der Waals surface area contributed by atoms with Gasteiger partial charge in [-0.25, -0.2) is 0 Å². The molecule has 0 aliphatic carbocycles. The number of Topliss-reactive ketones (excluding diaryl/α,β-unsaturated/α-hetero) is 1. The number of ketones is 1. The molecule has 3 aromatic rings. The summed E-state index contributed by atoms with van der Waals surface area (Å²) in [6, 6.07) is 20.3. The highest BCUT2D eigenvalue weighted by atomic mass is 35.5.